The van der Waals surface area contributed by atoms with E-state index in [1.165, 1.54) is 10.8 Å². The summed E-state index contributed by atoms with van der Waals surface area (Å²) in [4.78, 5) is 20.9. The van der Waals surface area contributed by atoms with E-state index in [0.717, 1.165) is 83.3 Å². The molecule has 12 rings (SSSR count). The molecule has 0 N–H and O–H groups in total. The molecular formula is C56H36N6. The van der Waals surface area contributed by atoms with Crippen molar-refractivity contribution < 1.29 is 0 Å². The van der Waals surface area contributed by atoms with Gasteiger partial charge in [-0.3, -0.25) is 4.57 Å². The summed E-state index contributed by atoms with van der Waals surface area (Å²) in [5.41, 5.74) is 13.4. The highest BCUT2D eigenvalue weighted by Crippen LogP contribution is 2.42. The zero-order valence-corrected chi connectivity index (χ0v) is 33.5. The van der Waals surface area contributed by atoms with Crippen LogP contribution in [-0.4, -0.2) is 29.1 Å². The van der Waals surface area contributed by atoms with Crippen molar-refractivity contribution in [1.29, 1.82) is 0 Å². The first-order valence-corrected chi connectivity index (χ1v) is 20.8. The predicted octanol–water partition coefficient (Wildman–Crippen LogP) is 13.8. The lowest BCUT2D eigenvalue weighted by atomic mass is 9.99. The minimum absolute atomic E-state index is 0.551. The fourth-order valence-corrected chi connectivity index (χ4v) is 8.90. The maximum atomic E-state index is 5.30. The fraction of sp³-hybridized carbons (Fsp3) is 0. The standard InChI is InChI=1S/C56H36N6/c1-5-17-37(18-6-1)42-35-47(38-19-7-2-8-20-38)57-48(36-42)39-29-31-41(32-30-39)55-58-54(40-21-9-3-10-22-40)59-56(60-55)62-50-28-16-14-26-46(50)52-51(62)34-33-45-44-25-13-15-27-49(44)61(53(45)52)43-23-11-4-12-24-43/h1-36H. The Kier molecular flexibility index (Phi) is 8.38. The molecule has 4 heterocycles. The first kappa shape index (κ1) is 35.5. The van der Waals surface area contributed by atoms with E-state index in [-0.39, 0.29) is 0 Å². The van der Waals surface area contributed by atoms with Crippen molar-refractivity contribution in [3.8, 4) is 68.1 Å². The van der Waals surface area contributed by atoms with Gasteiger partial charge in [-0.05, 0) is 53.6 Å². The minimum atomic E-state index is 0.551. The van der Waals surface area contributed by atoms with Crippen LogP contribution in [0.2, 0.25) is 0 Å². The zero-order chi connectivity index (χ0) is 41.0. The van der Waals surface area contributed by atoms with Crippen molar-refractivity contribution in [2.75, 3.05) is 0 Å². The van der Waals surface area contributed by atoms with Crippen molar-refractivity contribution in [1.82, 2.24) is 29.1 Å². The summed E-state index contributed by atoms with van der Waals surface area (Å²) >= 11 is 0. The van der Waals surface area contributed by atoms with Crippen LogP contribution in [0.25, 0.3) is 112 Å². The molecule has 12 aromatic rings. The largest absolute Gasteiger partial charge is 0.309 e. The van der Waals surface area contributed by atoms with Crippen molar-refractivity contribution in [2.45, 2.75) is 0 Å². The second kappa shape index (κ2) is 14.7. The molecule has 0 bridgehead atoms. The van der Waals surface area contributed by atoms with Gasteiger partial charge in [0.1, 0.15) is 0 Å². The zero-order valence-electron chi connectivity index (χ0n) is 33.5. The highest BCUT2D eigenvalue weighted by molar-refractivity contribution is 6.26. The number of rotatable bonds is 7. The smallest absolute Gasteiger partial charge is 0.238 e. The van der Waals surface area contributed by atoms with E-state index in [1.54, 1.807) is 0 Å². The molecule has 0 amide bonds. The van der Waals surface area contributed by atoms with Crippen molar-refractivity contribution in [3.05, 3.63) is 218 Å². The third-order valence-electron chi connectivity index (χ3n) is 11.8. The van der Waals surface area contributed by atoms with Crippen LogP contribution in [0.3, 0.4) is 0 Å². The maximum Gasteiger partial charge on any atom is 0.238 e. The first-order valence-electron chi connectivity index (χ1n) is 20.8. The SMILES string of the molecule is c1ccc(-c2cc(-c3ccccc3)nc(-c3ccc(-c4nc(-c5ccccc5)nc(-n5c6ccccc6c6c5ccc5c7ccccc7n(-c7ccccc7)c56)n4)cc3)c2)cc1. The summed E-state index contributed by atoms with van der Waals surface area (Å²) in [6.07, 6.45) is 0. The average Bonchev–Trinajstić information content (AvgIpc) is 3.88. The third-order valence-corrected chi connectivity index (χ3v) is 11.8. The van der Waals surface area contributed by atoms with Gasteiger partial charge in [-0.25, -0.2) is 9.97 Å². The third kappa shape index (κ3) is 5.96. The number of pyridine rings is 1. The quantitative estimate of drug-likeness (QED) is 0.161. The Hall–Kier alpha value is -8.48. The van der Waals surface area contributed by atoms with Gasteiger partial charge in [-0.2, -0.15) is 9.97 Å². The van der Waals surface area contributed by atoms with Gasteiger partial charge in [0.2, 0.25) is 5.95 Å². The monoisotopic (exact) mass is 792 g/mol. The van der Waals surface area contributed by atoms with Gasteiger partial charge in [0, 0.05) is 49.5 Å². The molecular weight excluding hydrogens is 757 g/mol. The molecule has 0 fully saturated rings. The second-order valence-electron chi connectivity index (χ2n) is 15.5. The predicted molar refractivity (Wildman–Crippen MR) is 253 cm³/mol. The Morgan fingerprint density at radius 2 is 0.774 bits per heavy atom. The molecule has 0 saturated carbocycles. The number of aromatic nitrogens is 6. The van der Waals surface area contributed by atoms with Crippen molar-refractivity contribution >= 4 is 43.6 Å². The van der Waals surface area contributed by atoms with Gasteiger partial charge in [-0.1, -0.05) is 176 Å². The number of hydrogen-bond donors (Lipinski definition) is 0. The number of fused-ring (bicyclic) bond motifs is 7. The van der Waals surface area contributed by atoms with E-state index in [0.29, 0.717) is 17.6 Å². The highest BCUT2D eigenvalue weighted by atomic mass is 15.2. The minimum Gasteiger partial charge on any atom is -0.309 e. The summed E-state index contributed by atoms with van der Waals surface area (Å²) in [7, 11) is 0. The van der Waals surface area contributed by atoms with Crippen LogP contribution in [0.5, 0.6) is 0 Å². The van der Waals surface area contributed by atoms with E-state index < -0.39 is 0 Å². The molecule has 0 radical (unpaired) electrons. The topological polar surface area (TPSA) is 61.4 Å². The maximum absolute atomic E-state index is 5.30. The van der Waals surface area contributed by atoms with E-state index in [2.05, 4.69) is 197 Å². The van der Waals surface area contributed by atoms with E-state index in [9.17, 15) is 0 Å². The Bertz CT molecular complexity index is 3540. The summed E-state index contributed by atoms with van der Waals surface area (Å²) in [5.74, 6) is 1.74. The normalized spacial score (nSPS) is 11.5. The Balaban J connectivity index is 1.05. The van der Waals surface area contributed by atoms with Crippen LogP contribution in [0.15, 0.2) is 218 Å². The van der Waals surface area contributed by atoms with Gasteiger partial charge in [0.05, 0.1) is 33.5 Å². The molecule has 0 aliphatic heterocycles. The molecule has 0 aliphatic rings. The molecule has 0 atom stereocenters. The number of hydrogen-bond acceptors (Lipinski definition) is 4. The van der Waals surface area contributed by atoms with Crippen LogP contribution in [-0.2, 0) is 0 Å². The van der Waals surface area contributed by atoms with Gasteiger partial charge in [0.25, 0.3) is 0 Å². The summed E-state index contributed by atoms with van der Waals surface area (Å²) in [6.45, 7) is 0. The van der Waals surface area contributed by atoms with Crippen LogP contribution in [0, 0.1) is 0 Å². The van der Waals surface area contributed by atoms with Crippen LogP contribution < -0.4 is 0 Å². The van der Waals surface area contributed by atoms with Crippen molar-refractivity contribution in [2.24, 2.45) is 0 Å². The lowest BCUT2D eigenvalue weighted by Crippen LogP contribution is -2.06. The molecule has 290 valence electrons. The van der Waals surface area contributed by atoms with Gasteiger partial charge < -0.3 is 4.57 Å². The van der Waals surface area contributed by atoms with Gasteiger partial charge in [0.15, 0.2) is 11.6 Å². The van der Waals surface area contributed by atoms with Gasteiger partial charge in [-0.15, -0.1) is 0 Å². The molecule has 8 aromatic carbocycles. The molecule has 6 nitrogen and oxygen atoms in total. The number of para-hydroxylation sites is 3. The van der Waals surface area contributed by atoms with E-state index in [1.807, 2.05) is 30.3 Å². The lowest BCUT2D eigenvalue weighted by Gasteiger charge is -2.12. The molecule has 0 aliphatic carbocycles. The highest BCUT2D eigenvalue weighted by Gasteiger charge is 2.23. The van der Waals surface area contributed by atoms with Crippen LogP contribution in [0.1, 0.15) is 0 Å². The second-order valence-corrected chi connectivity index (χ2v) is 15.5. The lowest BCUT2D eigenvalue weighted by molar-refractivity contribution is 0.953. The Morgan fingerprint density at radius 1 is 0.290 bits per heavy atom. The molecule has 62 heavy (non-hydrogen) atoms. The number of nitrogens with zero attached hydrogens (tertiary/aromatic N) is 6. The fourth-order valence-electron chi connectivity index (χ4n) is 8.90. The van der Waals surface area contributed by atoms with Crippen LogP contribution >= 0.6 is 0 Å². The Morgan fingerprint density at radius 3 is 1.42 bits per heavy atom. The molecule has 0 spiro atoms. The summed E-state index contributed by atoms with van der Waals surface area (Å²) in [6, 6.07) is 76.1. The summed E-state index contributed by atoms with van der Waals surface area (Å²) in [5, 5.41) is 4.67. The van der Waals surface area contributed by atoms with Crippen LogP contribution in [0.4, 0.5) is 0 Å². The van der Waals surface area contributed by atoms with E-state index >= 15 is 0 Å². The van der Waals surface area contributed by atoms with Crippen molar-refractivity contribution in [3.63, 3.8) is 0 Å². The van der Waals surface area contributed by atoms with E-state index in [4.69, 9.17) is 19.9 Å². The first-order chi connectivity index (χ1) is 30.7. The average molecular weight is 793 g/mol. The molecule has 4 aromatic heterocycles. The summed E-state index contributed by atoms with van der Waals surface area (Å²) < 4.78 is 4.60. The number of benzene rings is 8. The van der Waals surface area contributed by atoms with Gasteiger partial charge >= 0.3 is 0 Å². The molecule has 0 unspecified atom stereocenters. The Labute approximate surface area is 357 Å². The molecule has 0 saturated heterocycles. The molecule has 6 heteroatoms.